The van der Waals surface area contributed by atoms with Crippen molar-refractivity contribution in [3.05, 3.63) is 133 Å². The SMILES string of the molecule is Nc1oc2ccccc2c1/N=C(\Cc1ccccc1)n1c2cc3ccccc3cc2c2c3ccccc3ccc21. The monoisotopic (exact) mass is 515 g/mol. The summed E-state index contributed by atoms with van der Waals surface area (Å²) in [5, 5.41) is 8.19. The lowest BCUT2D eigenvalue weighted by Gasteiger charge is -2.13. The van der Waals surface area contributed by atoms with Gasteiger partial charge in [0.15, 0.2) is 0 Å². The maximum Gasteiger partial charge on any atom is 0.217 e. The molecule has 4 nitrogen and oxygen atoms in total. The number of nitrogens with two attached hydrogens (primary N) is 1. The van der Waals surface area contributed by atoms with Crippen molar-refractivity contribution in [2.75, 3.05) is 5.73 Å². The summed E-state index contributed by atoms with van der Waals surface area (Å²) in [7, 11) is 0. The van der Waals surface area contributed by atoms with E-state index in [9.17, 15) is 0 Å². The zero-order chi connectivity index (χ0) is 26.6. The number of fused-ring (bicyclic) bond motifs is 7. The molecule has 0 spiro atoms. The number of anilines is 1. The van der Waals surface area contributed by atoms with Crippen LogP contribution in [0.1, 0.15) is 5.56 Å². The van der Waals surface area contributed by atoms with Gasteiger partial charge in [-0.2, -0.15) is 0 Å². The van der Waals surface area contributed by atoms with Gasteiger partial charge < -0.3 is 10.2 Å². The molecule has 2 N–H and O–H groups in total. The van der Waals surface area contributed by atoms with Gasteiger partial charge in [0.1, 0.15) is 17.1 Å². The summed E-state index contributed by atoms with van der Waals surface area (Å²) >= 11 is 0. The van der Waals surface area contributed by atoms with Crippen molar-refractivity contribution in [2.24, 2.45) is 4.99 Å². The number of para-hydroxylation sites is 1. The van der Waals surface area contributed by atoms with E-state index < -0.39 is 0 Å². The van der Waals surface area contributed by atoms with E-state index in [0.717, 1.165) is 27.8 Å². The molecular weight excluding hydrogens is 490 g/mol. The normalized spacial score (nSPS) is 12.3. The minimum absolute atomic E-state index is 0.323. The average Bonchev–Trinajstić information content (AvgIpc) is 3.49. The molecule has 190 valence electrons. The summed E-state index contributed by atoms with van der Waals surface area (Å²) in [6.07, 6.45) is 0.623. The lowest BCUT2D eigenvalue weighted by Crippen LogP contribution is -2.15. The van der Waals surface area contributed by atoms with Crippen molar-refractivity contribution in [2.45, 2.75) is 6.42 Å². The molecule has 8 rings (SSSR count). The van der Waals surface area contributed by atoms with Gasteiger partial charge in [-0.25, -0.2) is 4.99 Å². The third kappa shape index (κ3) is 3.50. The van der Waals surface area contributed by atoms with Crippen LogP contribution in [0.15, 0.2) is 137 Å². The second-order valence-electron chi connectivity index (χ2n) is 10.2. The van der Waals surface area contributed by atoms with Gasteiger partial charge in [0.2, 0.25) is 5.88 Å². The fraction of sp³-hybridized carbons (Fsp3) is 0.0278. The van der Waals surface area contributed by atoms with E-state index in [-0.39, 0.29) is 0 Å². The summed E-state index contributed by atoms with van der Waals surface area (Å²) in [4.78, 5) is 5.31. The van der Waals surface area contributed by atoms with Crippen LogP contribution in [0.25, 0.3) is 54.3 Å². The predicted octanol–water partition coefficient (Wildman–Crippen LogP) is 9.25. The number of rotatable bonds is 3. The molecule has 6 aromatic carbocycles. The Bertz CT molecular complexity index is 2250. The smallest absolute Gasteiger partial charge is 0.217 e. The molecule has 0 aliphatic heterocycles. The summed E-state index contributed by atoms with van der Waals surface area (Å²) in [5.74, 6) is 1.21. The highest BCUT2D eigenvalue weighted by Crippen LogP contribution is 2.39. The fourth-order valence-corrected chi connectivity index (χ4v) is 5.99. The van der Waals surface area contributed by atoms with E-state index in [1.807, 2.05) is 30.3 Å². The van der Waals surface area contributed by atoms with Gasteiger partial charge in [-0.05, 0) is 57.4 Å². The number of hydrogen-bond donors (Lipinski definition) is 1. The van der Waals surface area contributed by atoms with E-state index in [4.69, 9.17) is 15.1 Å². The van der Waals surface area contributed by atoms with E-state index in [0.29, 0.717) is 18.0 Å². The number of aliphatic imine (C=N–C) groups is 1. The maximum atomic E-state index is 6.44. The summed E-state index contributed by atoms with van der Waals surface area (Å²) < 4.78 is 8.24. The first-order valence-electron chi connectivity index (χ1n) is 13.5. The van der Waals surface area contributed by atoms with E-state index in [2.05, 4.69) is 102 Å². The topological polar surface area (TPSA) is 56.4 Å². The van der Waals surface area contributed by atoms with Crippen LogP contribution in [-0.2, 0) is 6.42 Å². The molecule has 2 aromatic heterocycles. The maximum absolute atomic E-state index is 6.44. The predicted molar refractivity (Wildman–Crippen MR) is 168 cm³/mol. The van der Waals surface area contributed by atoms with Crippen LogP contribution in [0.4, 0.5) is 11.6 Å². The standard InChI is InChI=1S/C36H25N3O/c37-36-35(28-16-8-9-17-32(28)40-36)38-33(20-23-10-2-1-3-11-23)39-30-19-18-24-12-6-7-15-27(24)34(30)29-21-25-13-4-5-14-26(25)22-31(29)39/h1-19,21-22H,20,37H2/b38-33+. The van der Waals surface area contributed by atoms with Crippen LogP contribution in [0.2, 0.25) is 0 Å². The van der Waals surface area contributed by atoms with Gasteiger partial charge in [-0.1, -0.05) is 97.1 Å². The quantitative estimate of drug-likeness (QED) is 0.188. The summed E-state index contributed by atoms with van der Waals surface area (Å²) in [5.41, 5.74) is 11.2. The number of nitrogens with zero attached hydrogens (tertiary/aromatic N) is 2. The molecular formula is C36H25N3O. The van der Waals surface area contributed by atoms with Crippen LogP contribution in [0, 0.1) is 0 Å². The number of aromatic nitrogens is 1. The molecule has 0 amide bonds. The van der Waals surface area contributed by atoms with Gasteiger partial charge in [0, 0.05) is 22.6 Å². The third-order valence-electron chi connectivity index (χ3n) is 7.82. The Labute approximate surface area is 230 Å². The molecule has 0 saturated heterocycles. The molecule has 4 heteroatoms. The zero-order valence-electron chi connectivity index (χ0n) is 21.7. The summed E-state index contributed by atoms with van der Waals surface area (Å²) in [6, 6.07) is 44.5. The van der Waals surface area contributed by atoms with Gasteiger partial charge in [0.25, 0.3) is 0 Å². The van der Waals surface area contributed by atoms with Crippen LogP contribution >= 0.6 is 0 Å². The second-order valence-corrected chi connectivity index (χ2v) is 10.2. The van der Waals surface area contributed by atoms with Crippen molar-refractivity contribution in [3.8, 4) is 0 Å². The van der Waals surface area contributed by atoms with Crippen molar-refractivity contribution in [1.82, 2.24) is 4.57 Å². The van der Waals surface area contributed by atoms with E-state index in [1.165, 1.54) is 37.9 Å². The Kier molecular flexibility index (Phi) is 5.01. The second kappa shape index (κ2) is 8.85. The van der Waals surface area contributed by atoms with E-state index in [1.54, 1.807) is 0 Å². The number of hydrogen-bond acceptors (Lipinski definition) is 3. The van der Waals surface area contributed by atoms with Gasteiger partial charge in [-0.3, -0.25) is 4.57 Å². The molecule has 0 fully saturated rings. The van der Waals surface area contributed by atoms with Crippen molar-refractivity contribution in [3.63, 3.8) is 0 Å². The zero-order valence-corrected chi connectivity index (χ0v) is 21.7. The Morgan fingerprint density at radius 3 is 2.12 bits per heavy atom. The highest BCUT2D eigenvalue weighted by Gasteiger charge is 2.20. The van der Waals surface area contributed by atoms with E-state index >= 15 is 0 Å². The molecule has 0 saturated carbocycles. The first kappa shape index (κ1) is 22.6. The van der Waals surface area contributed by atoms with Gasteiger partial charge in [-0.15, -0.1) is 0 Å². The average molecular weight is 516 g/mol. The molecule has 0 aliphatic carbocycles. The molecule has 2 heterocycles. The Morgan fingerprint density at radius 2 is 1.30 bits per heavy atom. The lowest BCUT2D eigenvalue weighted by molar-refractivity contribution is 0.638. The third-order valence-corrected chi connectivity index (χ3v) is 7.82. The first-order chi connectivity index (χ1) is 19.7. The first-order valence-corrected chi connectivity index (χ1v) is 13.5. The highest BCUT2D eigenvalue weighted by molar-refractivity contribution is 6.25. The minimum Gasteiger partial charge on any atom is -0.439 e. The van der Waals surface area contributed by atoms with Crippen LogP contribution < -0.4 is 5.73 Å². The Morgan fingerprint density at radius 1 is 0.625 bits per heavy atom. The molecule has 0 aliphatic rings. The molecule has 0 bridgehead atoms. The lowest BCUT2D eigenvalue weighted by atomic mass is 10.0. The molecule has 0 radical (unpaired) electrons. The van der Waals surface area contributed by atoms with Crippen molar-refractivity contribution >= 4 is 71.7 Å². The number of nitrogen functional groups attached to an aromatic ring is 1. The highest BCUT2D eigenvalue weighted by atomic mass is 16.3. The minimum atomic E-state index is 0.323. The van der Waals surface area contributed by atoms with Crippen LogP contribution in [0.5, 0.6) is 0 Å². The van der Waals surface area contributed by atoms with Gasteiger partial charge >= 0.3 is 0 Å². The molecule has 0 unspecified atom stereocenters. The Balaban J connectivity index is 1.52. The fourth-order valence-electron chi connectivity index (χ4n) is 5.99. The largest absolute Gasteiger partial charge is 0.439 e. The summed E-state index contributed by atoms with van der Waals surface area (Å²) in [6.45, 7) is 0. The molecule has 8 aromatic rings. The number of benzene rings is 6. The van der Waals surface area contributed by atoms with Crippen LogP contribution in [-0.4, -0.2) is 10.4 Å². The van der Waals surface area contributed by atoms with Gasteiger partial charge in [0.05, 0.1) is 11.0 Å². The van der Waals surface area contributed by atoms with Crippen molar-refractivity contribution in [1.29, 1.82) is 0 Å². The molecule has 40 heavy (non-hydrogen) atoms. The number of furan rings is 1. The molecule has 0 atom stereocenters. The van der Waals surface area contributed by atoms with Crippen LogP contribution in [0.3, 0.4) is 0 Å². The van der Waals surface area contributed by atoms with Crippen molar-refractivity contribution < 1.29 is 4.42 Å². The Hall–Kier alpha value is -5.35.